The Hall–Kier alpha value is -2.16. The van der Waals surface area contributed by atoms with Gasteiger partial charge in [0, 0.05) is 18.8 Å². The number of rotatable bonds is 4. The second kappa shape index (κ2) is 5.68. The van der Waals surface area contributed by atoms with Crippen molar-refractivity contribution in [3.05, 3.63) is 53.3 Å². The van der Waals surface area contributed by atoms with Crippen molar-refractivity contribution in [3.8, 4) is 6.07 Å². The molecule has 1 aliphatic carbocycles. The van der Waals surface area contributed by atoms with Crippen molar-refractivity contribution in [1.82, 2.24) is 15.1 Å². The number of aromatic nitrogens is 2. The van der Waals surface area contributed by atoms with Crippen LogP contribution in [0.1, 0.15) is 29.2 Å². The van der Waals surface area contributed by atoms with Gasteiger partial charge in [-0.1, -0.05) is 12.1 Å². The molecule has 1 heterocycles. The molecule has 1 fully saturated rings. The first kappa shape index (κ1) is 13.8. The molecule has 2 N–H and O–H groups in total. The molecule has 3 atom stereocenters. The van der Waals surface area contributed by atoms with E-state index in [1.165, 1.54) is 0 Å². The predicted octanol–water partition coefficient (Wildman–Crippen LogP) is 1.53. The minimum Gasteiger partial charge on any atom is -0.391 e. The van der Waals surface area contributed by atoms with E-state index in [0.29, 0.717) is 12.1 Å². The summed E-state index contributed by atoms with van der Waals surface area (Å²) in [4.78, 5) is 0. The van der Waals surface area contributed by atoms with Gasteiger partial charge in [-0.05, 0) is 36.6 Å². The van der Waals surface area contributed by atoms with Crippen LogP contribution in [0.3, 0.4) is 0 Å². The SMILES string of the molecule is Cc1cnn([C@H]2[C@H](O)C[C@@H]2NCc2cccc(C#N)c2)c1. The molecule has 5 nitrogen and oxygen atoms in total. The van der Waals surface area contributed by atoms with Gasteiger partial charge in [0.15, 0.2) is 0 Å². The van der Waals surface area contributed by atoms with Gasteiger partial charge in [-0.3, -0.25) is 4.68 Å². The van der Waals surface area contributed by atoms with Gasteiger partial charge in [-0.15, -0.1) is 0 Å². The number of aryl methyl sites for hydroxylation is 1. The molecule has 0 amide bonds. The molecule has 0 saturated heterocycles. The molecular weight excluding hydrogens is 264 g/mol. The third kappa shape index (κ3) is 2.82. The Morgan fingerprint density at radius 3 is 3.05 bits per heavy atom. The zero-order chi connectivity index (χ0) is 14.8. The molecule has 5 heteroatoms. The average Bonchev–Trinajstić information content (AvgIpc) is 2.89. The first-order valence-electron chi connectivity index (χ1n) is 7.08. The maximum absolute atomic E-state index is 9.98. The summed E-state index contributed by atoms with van der Waals surface area (Å²) in [6, 6.07) is 9.89. The number of aliphatic hydroxyl groups is 1. The monoisotopic (exact) mass is 282 g/mol. The molecular formula is C16H18N4O. The fourth-order valence-corrected chi connectivity index (χ4v) is 2.77. The normalized spacial score (nSPS) is 24.3. The molecule has 0 radical (unpaired) electrons. The van der Waals surface area contributed by atoms with Gasteiger partial charge in [0.1, 0.15) is 0 Å². The van der Waals surface area contributed by atoms with E-state index in [1.54, 1.807) is 12.3 Å². The minimum absolute atomic E-state index is 0.0159. The maximum Gasteiger partial charge on any atom is 0.0991 e. The number of benzene rings is 1. The third-order valence-electron chi connectivity index (χ3n) is 3.96. The van der Waals surface area contributed by atoms with Crippen molar-refractivity contribution >= 4 is 0 Å². The van der Waals surface area contributed by atoms with Crippen LogP contribution in [0.25, 0.3) is 0 Å². The molecule has 0 aliphatic heterocycles. The minimum atomic E-state index is -0.354. The van der Waals surface area contributed by atoms with E-state index in [1.807, 2.05) is 36.0 Å². The highest BCUT2D eigenvalue weighted by Gasteiger charge is 2.41. The molecule has 3 rings (SSSR count). The van der Waals surface area contributed by atoms with Crippen molar-refractivity contribution in [3.63, 3.8) is 0 Å². The number of nitriles is 1. The van der Waals surface area contributed by atoms with Gasteiger partial charge in [-0.25, -0.2) is 0 Å². The van der Waals surface area contributed by atoms with E-state index >= 15 is 0 Å². The highest BCUT2D eigenvalue weighted by Crippen LogP contribution is 2.32. The lowest BCUT2D eigenvalue weighted by atomic mass is 9.83. The van der Waals surface area contributed by atoms with Crippen molar-refractivity contribution < 1.29 is 5.11 Å². The molecule has 0 spiro atoms. The molecule has 1 saturated carbocycles. The highest BCUT2D eigenvalue weighted by molar-refractivity contribution is 5.32. The zero-order valence-corrected chi connectivity index (χ0v) is 11.9. The molecule has 21 heavy (non-hydrogen) atoms. The summed E-state index contributed by atoms with van der Waals surface area (Å²) in [6.07, 6.45) is 4.13. The van der Waals surface area contributed by atoms with Crippen LogP contribution in [-0.2, 0) is 6.54 Å². The van der Waals surface area contributed by atoms with Crippen LogP contribution in [-0.4, -0.2) is 27.0 Å². The Morgan fingerprint density at radius 2 is 2.38 bits per heavy atom. The number of hydrogen-bond acceptors (Lipinski definition) is 4. The number of hydrogen-bond donors (Lipinski definition) is 2. The first-order chi connectivity index (χ1) is 10.2. The van der Waals surface area contributed by atoms with E-state index in [0.717, 1.165) is 17.5 Å². The largest absolute Gasteiger partial charge is 0.391 e. The van der Waals surface area contributed by atoms with Crippen LogP contribution in [0.4, 0.5) is 0 Å². The lowest BCUT2D eigenvalue weighted by Gasteiger charge is -2.42. The summed E-state index contributed by atoms with van der Waals surface area (Å²) in [5.74, 6) is 0. The van der Waals surface area contributed by atoms with Crippen LogP contribution in [0.5, 0.6) is 0 Å². The second-order valence-electron chi connectivity index (χ2n) is 5.59. The van der Waals surface area contributed by atoms with E-state index in [-0.39, 0.29) is 18.2 Å². The fourth-order valence-electron chi connectivity index (χ4n) is 2.77. The van der Waals surface area contributed by atoms with Crippen LogP contribution < -0.4 is 5.32 Å². The molecule has 2 aromatic rings. The summed E-state index contributed by atoms with van der Waals surface area (Å²) < 4.78 is 1.84. The van der Waals surface area contributed by atoms with Gasteiger partial charge in [0.25, 0.3) is 0 Å². The molecule has 1 aromatic carbocycles. The van der Waals surface area contributed by atoms with Crippen LogP contribution in [0.15, 0.2) is 36.7 Å². The number of aliphatic hydroxyl groups excluding tert-OH is 1. The van der Waals surface area contributed by atoms with Crippen molar-refractivity contribution in [2.45, 2.75) is 38.1 Å². The number of nitrogens with zero attached hydrogens (tertiary/aromatic N) is 3. The van der Waals surface area contributed by atoms with E-state index in [2.05, 4.69) is 16.5 Å². The van der Waals surface area contributed by atoms with Gasteiger partial charge in [0.05, 0.1) is 30.0 Å². The summed E-state index contributed by atoms with van der Waals surface area (Å²) in [6.45, 7) is 2.67. The van der Waals surface area contributed by atoms with Crippen molar-refractivity contribution in [1.29, 1.82) is 5.26 Å². The van der Waals surface area contributed by atoms with Crippen molar-refractivity contribution in [2.75, 3.05) is 0 Å². The van der Waals surface area contributed by atoms with Crippen LogP contribution in [0.2, 0.25) is 0 Å². The Labute approximate surface area is 123 Å². The van der Waals surface area contributed by atoms with Crippen LogP contribution in [0, 0.1) is 18.3 Å². The Kier molecular flexibility index (Phi) is 3.74. The summed E-state index contributed by atoms with van der Waals surface area (Å²) in [7, 11) is 0. The fraction of sp³-hybridized carbons (Fsp3) is 0.375. The molecule has 0 unspecified atom stereocenters. The third-order valence-corrected chi connectivity index (χ3v) is 3.96. The van der Waals surface area contributed by atoms with E-state index in [9.17, 15) is 5.11 Å². The van der Waals surface area contributed by atoms with E-state index < -0.39 is 0 Å². The van der Waals surface area contributed by atoms with E-state index in [4.69, 9.17) is 5.26 Å². The topological polar surface area (TPSA) is 73.9 Å². The summed E-state index contributed by atoms with van der Waals surface area (Å²) >= 11 is 0. The maximum atomic E-state index is 9.98. The van der Waals surface area contributed by atoms with Crippen LogP contribution >= 0.6 is 0 Å². The molecule has 0 bridgehead atoms. The van der Waals surface area contributed by atoms with Gasteiger partial charge in [0.2, 0.25) is 0 Å². The molecule has 1 aromatic heterocycles. The van der Waals surface area contributed by atoms with Crippen molar-refractivity contribution in [2.24, 2.45) is 0 Å². The Morgan fingerprint density at radius 1 is 1.52 bits per heavy atom. The number of nitrogens with one attached hydrogen (secondary N) is 1. The second-order valence-corrected chi connectivity index (χ2v) is 5.59. The standard InChI is InChI=1S/C16H18N4O/c1-11-8-19-20(10-11)16-14(6-15(16)21)18-9-13-4-2-3-12(5-13)7-17/h2-5,8,10,14-16,18,21H,6,9H2,1H3/t14-,15+,16+/m0/s1. The van der Waals surface area contributed by atoms with Gasteiger partial charge >= 0.3 is 0 Å². The smallest absolute Gasteiger partial charge is 0.0991 e. The molecule has 108 valence electrons. The summed E-state index contributed by atoms with van der Waals surface area (Å²) in [5.41, 5.74) is 2.84. The quantitative estimate of drug-likeness (QED) is 0.892. The van der Waals surface area contributed by atoms with Gasteiger partial charge < -0.3 is 10.4 Å². The Balaban J connectivity index is 1.64. The lowest BCUT2D eigenvalue weighted by Crippen LogP contribution is -2.54. The first-order valence-corrected chi connectivity index (χ1v) is 7.08. The Bertz CT molecular complexity index is 673. The van der Waals surface area contributed by atoms with Gasteiger partial charge in [-0.2, -0.15) is 10.4 Å². The lowest BCUT2D eigenvalue weighted by molar-refractivity contribution is -0.00824. The highest BCUT2D eigenvalue weighted by atomic mass is 16.3. The predicted molar refractivity (Wildman–Crippen MR) is 78.4 cm³/mol. The average molecular weight is 282 g/mol. The zero-order valence-electron chi connectivity index (χ0n) is 11.9. The molecule has 1 aliphatic rings. The summed E-state index contributed by atoms with van der Waals surface area (Å²) in [5, 5.41) is 26.6.